The highest BCUT2D eigenvalue weighted by atomic mass is 16.5. The van der Waals surface area contributed by atoms with Gasteiger partial charge in [0.15, 0.2) is 11.5 Å². The summed E-state index contributed by atoms with van der Waals surface area (Å²) in [6.07, 6.45) is 4.51. The lowest BCUT2D eigenvalue weighted by molar-refractivity contribution is 0.294. The molecule has 2 heterocycles. The molecule has 1 aromatic carbocycles. The molecule has 6 heteroatoms. The molecule has 1 aliphatic heterocycles. The van der Waals surface area contributed by atoms with E-state index in [1.807, 2.05) is 30.5 Å². The first-order valence-electron chi connectivity index (χ1n) is 7.98. The maximum atomic E-state index is 9.47. The second-order valence-electron chi connectivity index (χ2n) is 5.57. The van der Waals surface area contributed by atoms with Gasteiger partial charge in [0.25, 0.3) is 0 Å². The molecular weight excluding hydrogens is 305 g/mol. The van der Waals surface area contributed by atoms with E-state index in [1.165, 1.54) is 0 Å². The van der Waals surface area contributed by atoms with Crippen LogP contribution in [0.3, 0.4) is 0 Å². The summed E-state index contributed by atoms with van der Waals surface area (Å²) in [5.74, 6) is 3.14. The molecule has 5 nitrogen and oxygen atoms in total. The molecule has 1 aromatic heterocycles. The standard InChI is InChI=1S/C18H20BNO4/c1-3-6-23-18-8-13(4-5-17(18)22-2)14-7-15(11-20-10-14)16-9-19(21)24-12-16/h4-5,7-11,21H,3,6,12H2,1-2H3. The van der Waals surface area contributed by atoms with Gasteiger partial charge >= 0.3 is 7.12 Å². The Labute approximate surface area is 142 Å². The molecular formula is C18H20BNO4. The molecule has 3 rings (SSSR count). The van der Waals surface area contributed by atoms with Crippen LogP contribution < -0.4 is 9.47 Å². The Kier molecular flexibility index (Phi) is 5.18. The molecule has 24 heavy (non-hydrogen) atoms. The van der Waals surface area contributed by atoms with Crippen molar-refractivity contribution in [1.82, 2.24) is 4.98 Å². The van der Waals surface area contributed by atoms with Crippen LogP contribution in [-0.4, -0.2) is 37.4 Å². The number of pyridine rings is 1. The maximum absolute atomic E-state index is 9.47. The monoisotopic (exact) mass is 325 g/mol. The van der Waals surface area contributed by atoms with E-state index < -0.39 is 7.12 Å². The third kappa shape index (κ3) is 3.61. The van der Waals surface area contributed by atoms with Crippen molar-refractivity contribution < 1.29 is 19.2 Å². The Morgan fingerprint density at radius 3 is 2.71 bits per heavy atom. The normalized spacial score (nSPS) is 13.8. The molecule has 0 amide bonds. The molecule has 1 aliphatic rings. The number of ether oxygens (including phenoxy) is 2. The average molecular weight is 325 g/mol. The third-order valence-corrected chi connectivity index (χ3v) is 3.82. The van der Waals surface area contributed by atoms with Crippen molar-refractivity contribution >= 4 is 12.7 Å². The molecule has 2 aromatic rings. The second kappa shape index (κ2) is 7.51. The van der Waals surface area contributed by atoms with E-state index in [4.69, 9.17) is 14.1 Å². The summed E-state index contributed by atoms with van der Waals surface area (Å²) in [6.45, 7) is 3.09. The molecule has 0 aliphatic carbocycles. The zero-order chi connectivity index (χ0) is 16.9. The summed E-state index contributed by atoms with van der Waals surface area (Å²) in [7, 11) is 0.798. The minimum Gasteiger partial charge on any atom is -0.493 e. The van der Waals surface area contributed by atoms with Crippen molar-refractivity contribution in [1.29, 1.82) is 0 Å². The summed E-state index contributed by atoms with van der Waals surface area (Å²) in [4.78, 5) is 4.31. The van der Waals surface area contributed by atoms with E-state index >= 15 is 0 Å². The zero-order valence-electron chi connectivity index (χ0n) is 13.9. The van der Waals surface area contributed by atoms with Gasteiger partial charge in [-0.2, -0.15) is 0 Å². The first-order chi connectivity index (χ1) is 11.7. The van der Waals surface area contributed by atoms with Crippen LogP contribution in [0.1, 0.15) is 18.9 Å². The number of nitrogens with zero attached hydrogens (tertiary/aromatic N) is 1. The number of hydrogen-bond acceptors (Lipinski definition) is 5. The minimum atomic E-state index is -0.835. The fourth-order valence-electron chi connectivity index (χ4n) is 2.58. The lowest BCUT2D eigenvalue weighted by atomic mass is 9.89. The van der Waals surface area contributed by atoms with Crippen LogP contribution in [-0.2, 0) is 4.65 Å². The van der Waals surface area contributed by atoms with Gasteiger partial charge in [-0.15, -0.1) is 0 Å². The van der Waals surface area contributed by atoms with Crippen LogP contribution >= 0.6 is 0 Å². The van der Waals surface area contributed by atoms with Crippen LogP contribution in [0.25, 0.3) is 16.7 Å². The topological polar surface area (TPSA) is 60.8 Å². The molecule has 0 atom stereocenters. The van der Waals surface area contributed by atoms with Gasteiger partial charge in [0.05, 0.1) is 20.3 Å². The van der Waals surface area contributed by atoms with Gasteiger partial charge in [0, 0.05) is 18.0 Å². The molecule has 0 radical (unpaired) electrons. The van der Waals surface area contributed by atoms with Crippen molar-refractivity contribution in [2.75, 3.05) is 20.3 Å². The van der Waals surface area contributed by atoms with E-state index in [0.717, 1.165) is 34.4 Å². The average Bonchev–Trinajstić information content (AvgIpc) is 3.06. The molecule has 1 N–H and O–H groups in total. The highest BCUT2D eigenvalue weighted by Crippen LogP contribution is 2.33. The zero-order valence-corrected chi connectivity index (χ0v) is 13.9. The van der Waals surface area contributed by atoms with Crippen LogP contribution in [0, 0.1) is 0 Å². The van der Waals surface area contributed by atoms with Gasteiger partial charge in [0.1, 0.15) is 0 Å². The Hall–Kier alpha value is -2.31. The maximum Gasteiger partial charge on any atom is 0.484 e. The van der Waals surface area contributed by atoms with E-state index in [2.05, 4.69) is 11.9 Å². The second-order valence-corrected chi connectivity index (χ2v) is 5.57. The van der Waals surface area contributed by atoms with Crippen molar-refractivity contribution in [2.24, 2.45) is 0 Å². The lowest BCUT2D eigenvalue weighted by Gasteiger charge is -2.12. The first-order valence-corrected chi connectivity index (χ1v) is 7.98. The van der Waals surface area contributed by atoms with Crippen LogP contribution in [0.5, 0.6) is 11.5 Å². The lowest BCUT2D eigenvalue weighted by Crippen LogP contribution is -2.07. The highest BCUT2D eigenvalue weighted by Gasteiger charge is 2.20. The largest absolute Gasteiger partial charge is 0.493 e. The Bertz CT molecular complexity index is 748. The van der Waals surface area contributed by atoms with Crippen LogP contribution in [0.4, 0.5) is 0 Å². The summed E-state index contributed by atoms with van der Waals surface area (Å²) in [6, 6.07) is 7.87. The van der Waals surface area contributed by atoms with E-state index in [-0.39, 0.29) is 0 Å². The SMILES string of the molecule is CCCOc1cc(-c2cncc(C3=CB(O)OC3)c2)ccc1OC. The summed E-state index contributed by atoms with van der Waals surface area (Å²) < 4.78 is 16.3. The Morgan fingerprint density at radius 2 is 2.00 bits per heavy atom. The fraction of sp³-hybridized carbons (Fsp3) is 0.278. The number of aromatic nitrogens is 1. The van der Waals surface area contributed by atoms with Gasteiger partial charge in [-0.3, -0.25) is 4.98 Å². The van der Waals surface area contributed by atoms with Gasteiger partial charge in [-0.1, -0.05) is 13.0 Å². The van der Waals surface area contributed by atoms with E-state index in [0.29, 0.717) is 19.0 Å². The van der Waals surface area contributed by atoms with Crippen molar-refractivity contribution in [2.45, 2.75) is 13.3 Å². The Balaban J connectivity index is 1.92. The van der Waals surface area contributed by atoms with Gasteiger partial charge in [-0.25, -0.2) is 0 Å². The highest BCUT2D eigenvalue weighted by molar-refractivity contribution is 6.52. The summed E-state index contributed by atoms with van der Waals surface area (Å²) in [5.41, 5.74) is 3.85. The number of benzene rings is 1. The molecule has 0 saturated carbocycles. The quantitative estimate of drug-likeness (QED) is 0.828. The smallest absolute Gasteiger partial charge is 0.484 e. The molecule has 0 unspecified atom stereocenters. The predicted molar refractivity (Wildman–Crippen MR) is 93.9 cm³/mol. The van der Waals surface area contributed by atoms with Crippen molar-refractivity contribution in [3.63, 3.8) is 0 Å². The fourth-order valence-corrected chi connectivity index (χ4v) is 2.58. The van der Waals surface area contributed by atoms with Crippen LogP contribution in [0.15, 0.2) is 42.6 Å². The van der Waals surface area contributed by atoms with E-state index in [9.17, 15) is 5.02 Å². The molecule has 0 bridgehead atoms. The number of methoxy groups -OCH3 is 1. The number of hydrogen-bond donors (Lipinski definition) is 1. The predicted octanol–water partition coefficient (Wildman–Crippen LogP) is 2.98. The molecule has 124 valence electrons. The van der Waals surface area contributed by atoms with Gasteiger partial charge < -0.3 is 19.2 Å². The van der Waals surface area contributed by atoms with Crippen LogP contribution in [0.2, 0.25) is 0 Å². The molecule has 0 saturated heterocycles. The van der Waals surface area contributed by atoms with Gasteiger partial charge in [0.2, 0.25) is 0 Å². The van der Waals surface area contributed by atoms with E-state index in [1.54, 1.807) is 19.3 Å². The van der Waals surface area contributed by atoms with Gasteiger partial charge in [-0.05, 0) is 47.3 Å². The summed E-state index contributed by atoms with van der Waals surface area (Å²) >= 11 is 0. The number of rotatable bonds is 6. The van der Waals surface area contributed by atoms with Crippen molar-refractivity contribution in [3.05, 3.63) is 48.2 Å². The molecule has 0 fully saturated rings. The van der Waals surface area contributed by atoms with Crippen molar-refractivity contribution in [3.8, 4) is 22.6 Å². The molecule has 0 spiro atoms. The Morgan fingerprint density at radius 1 is 1.17 bits per heavy atom. The first kappa shape index (κ1) is 16.5. The third-order valence-electron chi connectivity index (χ3n) is 3.82. The minimum absolute atomic E-state index is 0.389. The summed E-state index contributed by atoms with van der Waals surface area (Å²) in [5, 5.41) is 9.47.